The molecule has 6 heterocycles. The summed E-state index contributed by atoms with van der Waals surface area (Å²) in [7, 11) is 0. The maximum Gasteiger partial charge on any atom is 0.234 e. The van der Waals surface area contributed by atoms with Crippen molar-refractivity contribution in [3.05, 3.63) is 54.1 Å². The van der Waals surface area contributed by atoms with Crippen molar-refractivity contribution in [1.82, 2.24) is 34.6 Å². The van der Waals surface area contributed by atoms with Crippen molar-refractivity contribution in [3.8, 4) is 11.4 Å². The Morgan fingerprint density at radius 1 is 1.10 bits per heavy atom. The molecular formula is C29H32N8O2S. The zero-order valence-electron chi connectivity index (χ0n) is 22.3. The lowest BCUT2D eigenvalue weighted by molar-refractivity contribution is 0.0791. The average Bonchev–Trinajstić information content (AvgIpc) is 3.75. The van der Waals surface area contributed by atoms with Crippen LogP contribution in [0.15, 0.2) is 49.2 Å². The fraction of sp³-hybridized carbons (Fsp3) is 0.414. The van der Waals surface area contributed by atoms with Crippen LogP contribution in [0.4, 0.5) is 5.82 Å². The summed E-state index contributed by atoms with van der Waals surface area (Å²) in [5.74, 6) is 1.90. The summed E-state index contributed by atoms with van der Waals surface area (Å²) < 4.78 is 8.40. The minimum Gasteiger partial charge on any atom is -0.378 e. The number of hydrogen-bond donors (Lipinski definition) is 1. The van der Waals surface area contributed by atoms with E-state index in [1.165, 1.54) is 4.88 Å². The number of likely N-dealkylation sites (tertiary alicyclic amines) is 1. The number of morpholine rings is 1. The van der Waals surface area contributed by atoms with Crippen molar-refractivity contribution in [1.29, 1.82) is 0 Å². The van der Waals surface area contributed by atoms with Gasteiger partial charge in [-0.2, -0.15) is 5.10 Å². The van der Waals surface area contributed by atoms with Gasteiger partial charge in [0, 0.05) is 53.8 Å². The number of aromatic amines is 1. The smallest absolute Gasteiger partial charge is 0.234 e. The summed E-state index contributed by atoms with van der Waals surface area (Å²) in [4.78, 5) is 33.3. The van der Waals surface area contributed by atoms with Gasteiger partial charge < -0.3 is 9.64 Å². The highest BCUT2D eigenvalue weighted by Gasteiger charge is 2.25. The van der Waals surface area contributed by atoms with Crippen molar-refractivity contribution >= 4 is 44.2 Å². The fourth-order valence-corrected chi connectivity index (χ4v) is 7.02. The van der Waals surface area contributed by atoms with E-state index in [4.69, 9.17) is 14.7 Å². The number of aromatic nitrogens is 6. The number of nitrogens with zero attached hydrogens (tertiary/aromatic N) is 7. The molecule has 4 aromatic heterocycles. The van der Waals surface area contributed by atoms with Gasteiger partial charge >= 0.3 is 0 Å². The van der Waals surface area contributed by atoms with Gasteiger partial charge in [-0.1, -0.05) is 18.6 Å². The molecule has 10 nitrogen and oxygen atoms in total. The van der Waals surface area contributed by atoms with Crippen LogP contribution >= 0.6 is 11.3 Å². The molecule has 11 heteroatoms. The second-order valence-electron chi connectivity index (χ2n) is 10.6. The van der Waals surface area contributed by atoms with Crippen LogP contribution in [0.1, 0.15) is 35.4 Å². The van der Waals surface area contributed by atoms with E-state index in [0.29, 0.717) is 13.2 Å². The lowest BCUT2D eigenvalue weighted by Crippen LogP contribution is -2.36. The summed E-state index contributed by atoms with van der Waals surface area (Å²) in [6, 6.07) is 8.34. The molecule has 0 bridgehead atoms. The molecular weight excluding hydrogens is 524 g/mol. The Morgan fingerprint density at radius 3 is 2.90 bits per heavy atom. The number of hydrogen-bond acceptors (Lipinski definition) is 9. The largest absolute Gasteiger partial charge is 0.378 e. The monoisotopic (exact) mass is 556 g/mol. The van der Waals surface area contributed by atoms with Crippen molar-refractivity contribution in [2.75, 3.05) is 44.3 Å². The molecule has 0 aliphatic carbocycles. The van der Waals surface area contributed by atoms with Gasteiger partial charge in [-0.25, -0.2) is 15.0 Å². The molecule has 1 aromatic carbocycles. The molecule has 1 N–H and O–H groups in total. The van der Waals surface area contributed by atoms with E-state index < -0.39 is 0 Å². The molecule has 2 aliphatic heterocycles. The van der Waals surface area contributed by atoms with Crippen molar-refractivity contribution in [2.24, 2.45) is 5.92 Å². The van der Waals surface area contributed by atoms with E-state index in [2.05, 4.69) is 37.1 Å². The SMILES string of the molecule is O=C(C1CCCCN(Cc2cc3nc(-c4cccc5[nH]ncc45)nc(N4CCOCC4)c3s2)CC1)n1ccnc1. The molecule has 40 heavy (non-hydrogen) atoms. The molecule has 0 radical (unpaired) electrons. The summed E-state index contributed by atoms with van der Waals surface area (Å²) in [5, 5.41) is 8.32. The van der Waals surface area contributed by atoms with Gasteiger partial charge in [0.25, 0.3) is 0 Å². The minimum atomic E-state index is 0.0337. The molecule has 2 fully saturated rings. The Labute approximate surface area is 236 Å². The van der Waals surface area contributed by atoms with Gasteiger partial charge in [0.15, 0.2) is 11.6 Å². The van der Waals surface area contributed by atoms with Crippen molar-refractivity contribution < 1.29 is 9.53 Å². The first kappa shape index (κ1) is 25.3. The highest BCUT2D eigenvalue weighted by atomic mass is 32.1. The van der Waals surface area contributed by atoms with Gasteiger partial charge in [-0.05, 0) is 44.5 Å². The zero-order valence-corrected chi connectivity index (χ0v) is 23.1. The molecule has 206 valence electrons. The standard InChI is InChI=1S/C29H32N8O2S/c38-29(37-11-8-30-19-37)20-4-1-2-9-35(10-7-20)18-21-16-25-26(40-21)28(36-12-14-39-15-13-36)33-27(32-25)22-5-3-6-24-23(22)17-31-34-24/h3,5-6,8,11,16-17,19-20H,1-2,4,7,9-10,12-15,18H2,(H,31,34). The Bertz CT molecular complexity index is 1620. The first-order valence-corrected chi connectivity index (χ1v) is 14.8. The van der Waals surface area contributed by atoms with Crippen LogP contribution in [0.5, 0.6) is 0 Å². The van der Waals surface area contributed by atoms with Crippen LogP contribution in [0.3, 0.4) is 0 Å². The maximum atomic E-state index is 13.0. The van der Waals surface area contributed by atoms with Crippen molar-refractivity contribution in [2.45, 2.75) is 32.2 Å². The molecule has 7 rings (SSSR count). The number of H-pyrrole nitrogens is 1. The Balaban J connectivity index is 1.18. The average molecular weight is 557 g/mol. The number of thiophene rings is 1. The van der Waals surface area contributed by atoms with Crippen molar-refractivity contribution in [3.63, 3.8) is 0 Å². The van der Waals surface area contributed by atoms with Gasteiger partial charge in [-0.3, -0.25) is 19.4 Å². The summed E-state index contributed by atoms with van der Waals surface area (Å²) >= 11 is 1.79. The van der Waals surface area contributed by atoms with Crippen LogP contribution < -0.4 is 4.90 Å². The topological polar surface area (TPSA) is 105 Å². The lowest BCUT2D eigenvalue weighted by Gasteiger charge is -2.28. The summed E-state index contributed by atoms with van der Waals surface area (Å²) in [6.45, 7) is 5.81. The van der Waals surface area contributed by atoms with Crippen LogP contribution in [-0.2, 0) is 11.3 Å². The number of carbonyl (C=O) groups is 1. The lowest BCUT2D eigenvalue weighted by atomic mass is 9.95. The summed E-state index contributed by atoms with van der Waals surface area (Å²) in [6.07, 6.45) is 10.8. The quantitative estimate of drug-likeness (QED) is 0.335. The fourth-order valence-electron chi connectivity index (χ4n) is 5.86. The minimum absolute atomic E-state index is 0.0337. The third-order valence-corrected chi connectivity index (χ3v) is 9.10. The van der Waals surface area contributed by atoms with Gasteiger partial charge in [0.2, 0.25) is 5.91 Å². The third kappa shape index (κ3) is 5.00. The molecule has 0 amide bonds. The molecule has 0 saturated carbocycles. The normalized spacial score (nSPS) is 19.2. The molecule has 1 atom stereocenters. The van der Waals surface area contributed by atoms with E-state index >= 15 is 0 Å². The second kappa shape index (κ2) is 11.1. The highest BCUT2D eigenvalue weighted by Crippen LogP contribution is 2.36. The van der Waals surface area contributed by atoms with E-state index in [1.807, 2.05) is 18.3 Å². The zero-order chi connectivity index (χ0) is 26.9. The Kier molecular flexibility index (Phi) is 7.00. The van der Waals surface area contributed by atoms with E-state index in [9.17, 15) is 4.79 Å². The van der Waals surface area contributed by atoms with E-state index in [-0.39, 0.29) is 11.8 Å². The van der Waals surface area contributed by atoms with Crippen LogP contribution in [0.2, 0.25) is 0 Å². The third-order valence-electron chi connectivity index (χ3n) is 8.00. The van der Waals surface area contributed by atoms with Crippen LogP contribution in [0, 0.1) is 5.92 Å². The molecule has 5 aromatic rings. The van der Waals surface area contributed by atoms with Gasteiger partial charge in [-0.15, -0.1) is 11.3 Å². The van der Waals surface area contributed by atoms with E-state index in [0.717, 1.165) is 96.7 Å². The number of carbonyl (C=O) groups excluding carboxylic acids is 1. The predicted molar refractivity (Wildman–Crippen MR) is 156 cm³/mol. The molecule has 2 aliphatic rings. The Morgan fingerprint density at radius 2 is 2.02 bits per heavy atom. The second-order valence-corrected chi connectivity index (χ2v) is 11.7. The van der Waals surface area contributed by atoms with Crippen LogP contribution in [-0.4, -0.2) is 79.9 Å². The molecule has 2 saturated heterocycles. The highest BCUT2D eigenvalue weighted by molar-refractivity contribution is 7.19. The predicted octanol–water partition coefficient (Wildman–Crippen LogP) is 4.60. The van der Waals surface area contributed by atoms with E-state index in [1.54, 1.807) is 34.6 Å². The Hall–Kier alpha value is -3.67. The number of ether oxygens (including phenoxy) is 1. The van der Waals surface area contributed by atoms with Crippen LogP contribution in [0.25, 0.3) is 32.5 Å². The number of benzene rings is 1. The number of rotatable bonds is 5. The first-order valence-electron chi connectivity index (χ1n) is 14.0. The number of anilines is 1. The molecule has 1 unspecified atom stereocenters. The number of nitrogens with one attached hydrogen (secondary N) is 1. The molecule has 0 spiro atoms. The van der Waals surface area contributed by atoms with Gasteiger partial charge in [0.1, 0.15) is 6.33 Å². The number of fused-ring (bicyclic) bond motifs is 2. The van der Waals surface area contributed by atoms with Gasteiger partial charge in [0.05, 0.1) is 35.1 Å². The summed E-state index contributed by atoms with van der Waals surface area (Å²) in [5.41, 5.74) is 2.93. The first-order chi connectivity index (χ1) is 19.7. The number of imidazole rings is 1. The maximum absolute atomic E-state index is 13.0.